The zero-order chi connectivity index (χ0) is 15.3. The molecule has 108 valence electrons. The Bertz CT molecular complexity index is 545. The number of rotatable bonds is 6. The average Bonchev–Trinajstić information content (AvgIpc) is 2.35. The molecule has 20 heavy (non-hydrogen) atoms. The molecule has 0 spiro atoms. The van der Waals surface area contributed by atoms with Crippen LogP contribution in [0.4, 0.5) is 4.39 Å². The van der Waals surface area contributed by atoms with Crippen molar-refractivity contribution in [2.45, 2.75) is 13.3 Å². The van der Waals surface area contributed by atoms with Gasteiger partial charge in [-0.15, -0.1) is 0 Å². The molecular weight excluding hydrogens is 269 g/mol. The van der Waals surface area contributed by atoms with Gasteiger partial charge in [-0.1, -0.05) is 6.07 Å². The maximum absolute atomic E-state index is 13.0. The Morgan fingerprint density at radius 3 is 2.45 bits per heavy atom. The van der Waals surface area contributed by atoms with E-state index in [1.165, 1.54) is 25.1 Å². The van der Waals surface area contributed by atoms with Gasteiger partial charge in [-0.25, -0.2) is 4.39 Å². The van der Waals surface area contributed by atoms with Gasteiger partial charge >= 0.3 is 11.9 Å². The van der Waals surface area contributed by atoms with E-state index in [1.54, 1.807) is 0 Å². The minimum atomic E-state index is -1.63. The number of benzene rings is 1. The van der Waals surface area contributed by atoms with Gasteiger partial charge < -0.3 is 15.5 Å². The number of carboxylic acids is 2. The van der Waals surface area contributed by atoms with E-state index in [0.29, 0.717) is 0 Å². The van der Waals surface area contributed by atoms with Crippen molar-refractivity contribution >= 4 is 17.8 Å². The molecule has 1 aromatic carbocycles. The predicted octanol–water partition coefficient (Wildman–Crippen LogP) is 1.12. The zero-order valence-corrected chi connectivity index (χ0v) is 10.7. The number of aliphatic carboxylic acids is 2. The molecule has 0 saturated carbocycles. The van der Waals surface area contributed by atoms with Gasteiger partial charge in [-0.05, 0) is 25.1 Å². The highest BCUT2D eigenvalue weighted by Crippen LogP contribution is 2.21. The minimum absolute atomic E-state index is 0.0352. The van der Waals surface area contributed by atoms with Crippen molar-refractivity contribution in [2.75, 3.05) is 6.54 Å². The summed E-state index contributed by atoms with van der Waals surface area (Å²) in [6.45, 7) is 0.847. The number of carbonyl (C=O) groups excluding carboxylic acids is 1. The highest BCUT2D eigenvalue weighted by atomic mass is 19.1. The van der Waals surface area contributed by atoms with Crippen molar-refractivity contribution in [3.63, 3.8) is 0 Å². The first-order valence-corrected chi connectivity index (χ1v) is 5.73. The first kappa shape index (κ1) is 15.6. The Morgan fingerprint density at radius 1 is 1.30 bits per heavy atom. The second kappa shape index (κ2) is 6.14. The lowest BCUT2D eigenvalue weighted by Crippen LogP contribution is -2.42. The fourth-order valence-electron chi connectivity index (χ4n) is 1.55. The average molecular weight is 283 g/mol. The molecule has 1 amide bonds. The molecule has 0 bridgehead atoms. The van der Waals surface area contributed by atoms with E-state index in [9.17, 15) is 18.8 Å². The maximum Gasteiger partial charge on any atom is 0.311 e. The van der Waals surface area contributed by atoms with Gasteiger partial charge in [0, 0.05) is 12.1 Å². The minimum Gasteiger partial charge on any atom is -0.481 e. The molecular formula is C13H14FNO5. The van der Waals surface area contributed by atoms with E-state index in [-0.39, 0.29) is 12.1 Å². The Balaban J connectivity index is 2.75. The van der Waals surface area contributed by atoms with Crippen molar-refractivity contribution in [3.8, 4) is 0 Å². The fourth-order valence-corrected chi connectivity index (χ4v) is 1.55. The summed E-state index contributed by atoms with van der Waals surface area (Å²) in [6.07, 6.45) is -0.633. The lowest BCUT2D eigenvalue weighted by molar-refractivity contribution is -0.154. The van der Waals surface area contributed by atoms with Crippen molar-refractivity contribution in [1.29, 1.82) is 0 Å². The highest BCUT2D eigenvalue weighted by molar-refractivity contribution is 5.94. The van der Waals surface area contributed by atoms with Crippen LogP contribution in [0, 0.1) is 11.2 Å². The Morgan fingerprint density at radius 2 is 1.95 bits per heavy atom. The normalized spacial score (nSPS) is 13.3. The largest absolute Gasteiger partial charge is 0.481 e. The Kier molecular flexibility index (Phi) is 4.79. The van der Waals surface area contributed by atoms with E-state index in [1.807, 2.05) is 0 Å². The third kappa shape index (κ3) is 4.04. The smallest absolute Gasteiger partial charge is 0.311 e. The monoisotopic (exact) mass is 283 g/mol. The Labute approximate surface area is 114 Å². The molecule has 1 unspecified atom stereocenters. The summed E-state index contributed by atoms with van der Waals surface area (Å²) in [5.74, 6) is -3.87. The van der Waals surface area contributed by atoms with E-state index >= 15 is 0 Å². The quantitative estimate of drug-likeness (QED) is 0.725. The first-order valence-electron chi connectivity index (χ1n) is 5.73. The molecule has 0 heterocycles. The predicted molar refractivity (Wildman–Crippen MR) is 66.7 cm³/mol. The summed E-state index contributed by atoms with van der Waals surface area (Å²) < 4.78 is 13.0. The molecule has 0 aliphatic heterocycles. The summed E-state index contributed by atoms with van der Waals surface area (Å²) in [5.41, 5.74) is -1.59. The standard InChI is InChI=1S/C13H14FNO5/c1-13(12(19)20,6-10(16)17)7-15-11(18)8-3-2-4-9(14)5-8/h2-5H,6-7H2,1H3,(H,15,18)(H,16,17)(H,19,20). The lowest BCUT2D eigenvalue weighted by Gasteiger charge is -2.23. The van der Waals surface area contributed by atoms with Crippen LogP contribution in [-0.2, 0) is 9.59 Å². The van der Waals surface area contributed by atoms with Crippen LogP contribution >= 0.6 is 0 Å². The van der Waals surface area contributed by atoms with E-state index < -0.39 is 35.5 Å². The molecule has 0 aliphatic rings. The first-order chi connectivity index (χ1) is 9.24. The molecule has 1 atom stereocenters. The van der Waals surface area contributed by atoms with Crippen molar-refractivity contribution in [2.24, 2.45) is 5.41 Å². The molecule has 0 fully saturated rings. The number of carbonyl (C=O) groups is 3. The number of hydrogen-bond donors (Lipinski definition) is 3. The number of hydrogen-bond acceptors (Lipinski definition) is 3. The van der Waals surface area contributed by atoms with Crippen LogP contribution in [0.15, 0.2) is 24.3 Å². The van der Waals surface area contributed by atoms with Crippen LogP contribution in [0.2, 0.25) is 0 Å². The highest BCUT2D eigenvalue weighted by Gasteiger charge is 2.36. The molecule has 3 N–H and O–H groups in total. The zero-order valence-electron chi connectivity index (χ0n) is 10.7. The van der Waals surface area contributed by atoms with Crippen LogP contribution in [0.25, 0.3) is 0 Å². The van der Waals surface area contributed by atoms with Gasteiger partial charge in [-0.3, -0.25) is 14.4 Å². The molecule has 0 aliphatic carbocycles. The fraction of sp³-hybridized carbons (Fsp3) is 0.308. The van der Waals surface area contributed by atoms with Gasteiger partial charge in [0.2, 0.25) is 0 Å². The van der Waals surface area contributed by atoms with E-state index in [2.05, 4.69) is 5.32 Å². The topological polar surface area (TPSA) is 104 Å². The summed E-state index contributed by atoms with van der Waals surface area (Å²) in [6, 6.07) is 4.89. The van der Waals surface area contributed by atoms with E-state index in [0.717, 1.165) is 6.07 Å². The molecule has 7 heteroatoms. The molecule has 1 rings (SSSR count). The summed E-state index contributed by atoms with van der Waals surface area (Å²) in [4.78, 5) is 33.5. The van der Waals surface area contributed by atoms with Gasteiger partial charge in [0.1, 0.15) is 5.82 Å². The van der Waals surface area contributed by atoms with Gasteiger partial charge in [0.15, 0.2) is 0 Å². The molecule has 0 aromatic heterocycles. The number of amides is 1. The summed E-state index contributed by atoms with van der Waals surface area (Å²) in [5, 5.41) is 20.0. The molecule has 1 aromatic rings. The van der Waals surface area contributed by atoms with Crippen LogP contribution < -0.4 is 5.32 Å². The van der Waals surface area contributed by atoms with Crippen LogP contribution in [0.5, 0.6) is 0 Å². The second-order valence-electron chi connectivity index (χ2n) is 4.63. The Hall–Kier alpha value is -2.44. The molecule has 0 saturated heterocycles. The number of carboxylic acid groups (broad SMARTS) is 2. The second-order valence-corrected chi connectivity index (χ2v) is 4.63. The molecule has 6 nitrogen and oxygen atoms in total. The van der Waals surface area contributed by atoms with Gasteiger partial charge in [0.25, 0.3) is 5.91 Å². The van der Waals surface area contributed by atoms with E-state index in [4.69, 9.17) is 10.2 Å². The summed E-state index contributed by atoms with van der Waals surface area (Å²) >= 11 is 0. The third-order valence-corrected chi connectivity index (χ3v) is 2.78. The van der Waals surface area contributed by atoms with Gasteiger partial charge in [0.05, 0.1) is 11.8 Å². The van der Waals surface area contributed by atoms with Crippen molar-refractivity contribution in [3.05, 3.63) is 35.6 Å². The maximum atomic E-state index is 13.0. The van der Waals surface area contributed by atoms with Crippen molar-refractivity contribution < 1.29 is 29.0 Å². The van der Waals surface area contributed by atoms with Crippen LogP contribution in [0.3, 0.4) is 0 Å². The SMILES string of the molecule is CC(CNC(=O)c1cccc(F)c1)(CC(=O)O)C(=O)O. The van der Waals surface area contributed by atoms with Crippen LogP contribution in [0.1, 0.15) is 23.7 Å². The van der Waals surface area contributed by atoms with Crippen LogP contribution in [-0.4, -0.2) is 34.6 Å². The summed E-state index contributed by atoms with van der Waals surface area (Å²) in [7, 11) is 0. The number of nitrogens with one attached hydrogen (secondary N) is 1. The van der Waals surface area contributed by atoms with Crippen molar-refractivity contribution in [1.82, 2.24) is 5.32 Å². The lowest BCUT2D eigenvalue weighted by atomic mass is 9.86. The molecule has 0 radical (unpaired) electrons. The van der Waals surface area contributed by atoms with Gasteiger partial charge in [-0.2, -0.15) is 0 Å². The third-order valence-electron chi connectivity index (χ3n) is 2.78. The number of halogens is 1.